The fourth-order valence-corrected chi connectivity index (χ4v) is 5.86. The molecule has 0 bridgehead atoms. The van der Waals surface area contributed by atoms with Crippen LogP contribution in [0.3, 0.4) is 0 Å². The first-order valence-electron chi connectivity index (χ1n) is 14.6. The summed E-state index contributed by atoms with van der Waals surface area (Å²) in [5, 5.41) is 8.68. The van der Waals surface area contributed by atoms with Crippen LogP contribution in [-0.2, 0) is 13.1 Å². The average molecular weight is 543 g/mol. The second-order valence-electron chi connectivity index (χ2n) is 10.9. The normalized spacial score (nSPS) is 14.5. The van der Waals surface area contributed by atoms with Crippen molar-refractivity contribution in [2.24, 2.45) is 0 Å². The van der Waals surface area contributed by atoms with E-state index in [9.17, 15) is 4.79 Å². The average Bonchev–Trinajstić information content (AvgIpc) is 3.50. The number of piperidine rings is 1. The monoisotopic (exact) mass is 542 g/mol. The number of methoxy groups -OCH3 is 1. The van der Waals surface area contributed by atoms with E-state index >= 15 is 0 Å². The topological polar surface area (TPSA) is 77.2 Å². The van der Waals surface area contributed by atoms with Crippen molar-refractivity contribution in [1.82, 2.24) is 24.6 Å². The van der Waals surface area contributed by atoms with Gasteiger partial charge in [-0.2, -0.15) is 0 Å². The standard InChI is InChI=1S/C32H42N6O2/c1-7-22(4)37-20-21(3)30-26(31(39)34-19-27-23(5)38(8-2)35-32(27)40-6)16-25(17-28(30)37)24-12-13-29(33-18-24)36-14-10-9-11-15-36/h12-13,16-18,20,22H,7-11,14-15,19H2,1-6H3,(H,34,39). The Morgan fingerprint density at radius 3 is 2.52 bits per heavy atom. The van der Waals surface area contributed by atoms with Crippen molar-refractivity contribution < 1.29 is 9.53 Å². The molecule has 0 saturated carbocycles. The van der Waals surface area contributed by atoms with Gasteiger partial charge in [0.2, 0.25) is 5.88 Å². The molecule has 1 atom stereocenters. The van der Waals surface area contributed by atoms with E-state index in [1.807, 2.05) is 30.8 Å². The van der Waals surface area contributed by atoms with Gasteiger partial charge in [0.25, 0.3) is 5.91 Å². The van der Waals surface area contributed by atoms with Crippen molar-refractivity contribution in [3.05, 3.63) is 59.0 Å². The number of benzene rings is 1. The van der Waals surface area contributed by atoms with E-state index in [2.05, 4.69) is 65.0 Å². The third kappa shape index (κ3) is 5.19. The summed E-state index contributed by atoms with van der Waals surface area (Å²) in [6.07, 6.45) is 8.85. The fraction of sp³-hybridized carbons (Fsp3) is 0.469. The number of hydrogen-bond acceptors (Lipinski definition) is 5. The summed E-state index contributed by atoms with van der Waals surface area (Å²) in [6.45, 7) is 13.8. The second kappa shape index (κ2) is 11.7. The van der Waals surface area contributed by atoms with Crippen LogP contribution < -0.4 is 15.0 Å². The number of pyridine rings is 1. The lowest BCUT2D eigenvalue weighted by atomic mass is 9.98. The number of anilines is 1. The first kappa shape index (κ1) is 27.7. The van der Waals surface area contributed by atoms with Gasteiger partial charge >= 0.3 is 0 Å². The van der Waals surface area contributed by atoms with Crippen LogP contribution in [0.15, 0.2) is 36.7 Å². The Kier molecular flexibility index (Phi) is 8.14. The van der Waals surface area contributed by atoms with Gasteiger partial charge in [-0.05, 0) is 88.8 Å². The maximum atomic E-state index is 13.9. The molecule has 8 nitrogen and oxygen atoms in total. The molecule has 8 heteroatoms. The van der Waals surface area contributed by atoms with Gasteiger partial charge in [0, 0.05) is 65.8 Å². The number of ether oxygens (including phenoxy) is 1. The van der Waals surface area contributed by atoms with Crippen molar-refractivity contribution in [3.63, 3.8) is 0 Å². The molecule has 1 fully saturated rings. The quantitative estimate of drug-likeness (QED) is 0.264. The van der Waals surface area contributed by atoms with Gasteiger partial charge < -0.3 is 19.5 Å². The third-order valence-electron chi connectivity index (χ3n) is 8.41. The van der Waals surface area contributed by atoms with E-state index < -0.39 is 0 Å². The number of carbonyl (C=O) groups excluding carboxylic acids is 1. The zero-order valence-corrected chi connectivity index (χ0v) is 24.8. The first-order chi connectivity index (χ1) is 19.4. The Balaban J connectivity index is 1.53. The number of aromatic nitrogens is 4. The molecule has 40 heavy (non-hydrogen) atoms. The van der Waals surface area contributed by atoms with Crippen LogP contribution >= 0.6 is 0 Å². The van der Waals surface area contributed by atoms with E-state index in [1.54, 1.807) is 7.11 Å². The minimum Gasteiger partial charge on any atom is -0.480 e. The van der Waals surface area contributed by atoms with Crippen LogP contribution in [-0.4, -0.2) is 45.4 Å². The third-order valence-corrected chi connectivity index (χ3v) is 8.41. The highest BCUT2D eigenvalue weighted by atomic mass is 16.5. The van der Waals surface area contributed by atoms with Crippen LogP contribution in [0.1, 0.15) is 79.7 Å². The van der Waals surface area contributed by atoms with Crippen LogP contribution in [0.2, 0.25) is 0 Å². The molecule has 1 aliphatic heterocycles. The van der Waals surface area contributed by atoms with Gasteiger partial charge in [0.15, 0.2) is 0 Å². The molecule has 1 saturated heterocycles. The van der Waals surface area contributed by atoms with Gasteiger partial charge in [0.05, 0.1) is 19.2 Å². The number of nitrogens with zero attached hydrogens (tertiary/aromatic N) is 5. The minimum absolute atomic E-state index is 0.111. The summed E-state index contributed by atoms with van der Waals surface area (Å²) < 4.78 is 9.71. The van der Waals surface area contributed by atoms with Crippen molar-refractivity contribution in [2.45, 2.75) is 79.4 Å². The number of amides is 1. The predicted octanol–water partition coefficient (Wildman–Crippen LogP) is 6.44. The zero-order valence-electron chi connectivity index (χ0n) is 24.8. The molecule has 0 aliphatic carbocycles. The maximum Gasteiger partial charge on any atom is 0.252 e. The van der Waals surface area contributed by atoms with Gasteiger partial charge in [-0.3, -0.25) is 9.48 Å². The highest BCUT2D eigenvalue weighted by Crippen LogP contribution is 2.34. The summed E-state index contributed by atoms with van der Waals surface area (Å²) in [5.74, 6) is 1.47. The zero-order chi connectivity index (χ0) is 28.4. The van der Waals surface area contributed by atoms with E-state index in [4.69, 9.17) is 9.72 Å². The molecule has 3 aromatic heterocycles. The molecule has 0 radical (unpaired) electrons. The molecule has 4 heterocycles. The number of carbonyl (C=O) groups is 1. The molecule has 1 unspecified atom stereocenters. The summed E-state index contributed by atoms with van der Waals surface area (Å²) in [7, 11) is 1.62. The SMILES string of the molecule is CCC(C)n1cc(C)c2c(C(=O)NCc3c(OC)nn(CC)c3C)cc(-c3ccc(N4CCCCC4)nc3)cc21. The molecule has 1 amide bonds. The van der Waals surface area contributed by atoms with E-state index in [-0.39, 0.29) is 5.91 Å². The molecule has 5 rings (SSSR count). The lowest BCUT2D eigenvalue weighted by molar-refractivity contribution is 0.0952. The van der Waals surface area contributed by atoms with Crippen LogP contribution in [0.25, 0.3) is 22.0 Å². The van der Waals surface area contributed by atoms with Gasteiger partial charge in [-0.15, -0.1) is 5.10 Å². The Morgan fingerprint density at radius 1 is 1.10 bits per heavy atom. The number of aryl methyl sites for hydroxylation is 2. The van der Waals surface area contributed by atoms with Crippen molar-refractivity contribution in [2.75, 3.05) is 25.1 Å². The molecule has 212 valence electrons. The molecular formula is C32H42N6O2. The summed E-state index contributed by atoms with van der Waals surface area (Å²) in [6, 6.07) is 8.79. The predicted molar refractivity (Wildman–Crippen MR) is 161 cm³/mol. The van der Waals surface area contributed by atoms with E-state index in [0.717, 1.165) is 70.7 Å². The molecule has 1 N–H and O–H groups in total. The highest BCUT2D eigenvalue weighted by Gasteiger charge is 2.21. The highest BCUT2D eigenvalue weighted by molar-refractivity contribution is 6.09. The molecular weight excluding hydrogens is 500 g/mol. The van der Waals surface area contributed by atoms with Crippen molar-refractivity contribution in [3.8, 4) is 17.0 Å². The van der Waals surface area contributed by atoms with Crippen LogP contribution in [0.5, 0.6) is 5.88 Å². The molecule has 1 aliphatic rings. The van der Waals surface area contributed by atoms with Crippen LogP contribution in [0.4, 0.5) is 5.82 Å². The minimum atomic E-state index is -0.111. The first-order valence-corrected chi connectivity index (χ1v) is 14.6. The lowest BCUT2D eigenvalue weighted by Crippen LogP contribution is -2.29. The fourth-order valence-electron chi connectivity index (χ4n) is 5.86. The molecule has 1 aromatic carbocycles. The summed E-state index contributed by atoms with van der Waals surface area (Å²) in [4.78, 5) is 21.0. The lowest BCUT2D eigenvalue weighted by Gasteiger charge is -2.27. The summed E-state index contributed by atoms with van der Waals surface area (Å²) >= 11 is 0. The van der Waals surface area contributed by atoms with Crippen molar-refractivity contribution >= 4 is 22.6 Å². The van der Waals surface area contributed by atoms with Crippen LogP contribution in [0, 0.1) is 13.8 Å². The van der Waals surface area contributed by atoms with Crippen molar-refractivity contribution in [1.29, 1.82) is 0 Å². The molecule has 4 aromatic rings. The summed E-state index contributed by atoms with van der Waals surface area (Å²) in [5.41, 5.74) is 6.74. The number of fused-ring (bicyclic) bond motifs is 1. The van der Waals surface area contributed by atoms with E-state index in [0.29, 0.717) is 24.0 Å². The number of nitrogens with one attached hydrogen (secondary N) is 1. The molecule has 0 spiro atoms. The van der Waals surface area contributed by atoms with Gasteiger partial charge in [-0.1, -0.05) is 6.92 Å². The van der Waals surface area contributed by atoms with Gasteiger partial charge in [0.1, 0.15) is 5.82 Å². The number of rotatable bonds is 9. The Morgan fingerprint density at radius 2 is 1.88 bits per heavy atom. The van der Waals surface area contributed by atoms with E-state index in [1.165, 1.54) is 19.3 Å². The Bertz CT molecular complexity index is 1490. The Hall–Kier alpha value is -3.81. The van der Waals surface area contributed by atoms with Gasteiger partial charge in [-0.25, -0.2) is 4.98 Å². The largest absolute Gasteiger partial charge is 0.480 e. The maximum absolute atomic E-state index is 13.9. The second-order valence-corrected chi connectivity index (χ2v) is 10.9. The number of hydrogen-bond donors (Lipinski definition) is 1. The Labute approximate surface area is 237 Å². The smallest absolute Gasteiger partial charge is 0.252 e.